The van der Waals surface area contributed by atoms with Crippen LogP contribution in [0, 0.1) is 12.3 Å². The minimum absolute atomic E-state index is 0.128. The van der Waals surface area contributed by atoms with E-state index >= 15 is 0 Å². The summed E-state index contributed by atoms with van der Waals surface area (Å²) in [5, 5.41) is 1.38. The van der Waals surface area contributed by atoms with Gasteiger partial charge < -0.3 is 13.7 Å². The molecule has 0 unspecified atom stereocenters. The molecule has 0 amide bonds. The molecule has 3 aromatic rings. The van der Waals surface area contributed by atoms with Gasteiger partial charge in [0.15, 0.2) is 0 Å². The van der Waals surface area contributed by atoms with E-state index in [1.54, 1.807) is 7.11 Å². The van der Waals surface area contributed by atoms with Crippen LogP contribution >= 0.6 is 0 Å². The first-order chi connectivity index (χ1) is 14.2. The molecule has 1 fully saturated rings. The second-order valence-corrected chi connectivity index (χ2v) is 8.72. The molecule has 1 saturated heterocycles. The molecule has 5 nitrogen and oxygen atoms in total. The third-order valence-corrected chi connectivity index (χ3v) is 7.41. The van der Waals surface area contributed by atoms with Gasteiger partial charge in [-0.1, -0.05) is 25.1 Å². The smallest absolute Gasteiger partial charge is 0.308 e. The lowest BCUT2D eigenvalue weighted by Gasteiger charge is -2.53. The van der Waals surface area contributed by atoms with E-state index < -0.39 is 0 Å². The van der Waals surface area contributed by atoms with Gasteiger partial charge in [-0.25, -0.2) is 4.98 Å². The average Bonchev–Trinajstić information content (AvgIpc) is 3.30. The van der Waals surface area contributed by atoms with Gasteiger partial charge in [0.2, 0.25) is 5.89 Å². The van der Waals surface area contributed by atoms with E-state index in [0.717, 1.165) is 30.8 Å². The van der Waals surface area contributed by atoms with Crippen LogP contribution in [0.2, 0.25) is 0 Å². The number of fused-ring (bicyclic) bond motifs is 3. The topological polar surface area (TPSA) is 43.4 Å². The molecular formula is C24H27N3O2. The summed E-state index contributed by atoms with van der Waals surface area (Å²) in [6, 6.07) is 9.25. The number of ether oxygens (including phenoxy) is 1. The highest BCUT2D eigenvalue weighted by molar-refractivity contribution is 5.91. The van der Waals surface area contributed by atoms with Crippen molar-refractivity contribution in [2.24, 2.45) is 5.41 Å². The van der Waals surface area contributed by atoms with E-state index in [9.17, 15) is 0 Å². The third-order valence-electron chi connectivity index (χ3n) is 7.41. The highest BCUT2D eigenvalue weighted by Gasteiger charge is 2.50. The van der Waals surface area contributed by atoms with Crippen molar-refractivity contribution in [2.45, 2.75) is 45.6 Å². The minimum atomic E-state index is 0.128. The Morgan fingerprint density at radius 3 is 2.93 bits per heavy atom. The Hall–Kier alpha value is -2.53. The van der Waals surface area contributed by atoms with Crippen LogP contribution in [0.3, 0.4) is 0 Å². The second kappa shape index (κ2) is 5.99. The van der Waals surface area contributed by atoms with Crippen molar-refractivity contribution in [3.8, 4) is 5.95 Å². The van der Waals surface area contributed by atoms with Crippen LogP contribution in [0.15, 0.2) is 34.8 Å². The average molecular weight is 389 g/mol. The highest BCUT2D eigenvalue weighted by atomic mass is 16.6. The Balaban J connectivity index is 1.70. The van der Waals surface area contributed by atoms with Gasteiger partial charge >= 0.3 is 5.95 Å². The van der Waals surface area contributed by atoms with Gasteiger partial charge in [0.05, 0.1) is 18.7 Å². The molecule has 0 radical (unpaired) electrons. The third kappa shape index (κ3) is 2.17. The molecule has 6 rings (SSSR count). The van der Waals surface area contributed by atoms with Crippen LogP contribution in [-0.2, 0) is 6.42 Å². The molecule has 3 aliphatic rings. The van der Waals surface area contributed by atoms with Crippen LogP contribution in [0.1, 0.15) is 55.1 Å². The molecular weight excluding hydrogens is 362 g/mol. The summed E-state index contributed by atoms with van der Waals surface area (Å²) in [6.07, 6.45) is 7.17. The van der Waals surface area contributed by atoms with Gasteiger partial charge in [0, 0.05) is 23.0 Å². The summed E-state index contributed by atoms with van der Waals surface area (Å²) < 4.78 is 13.9. The molecule has 0 N–H and O–H groups in total. The van der Waals surface area contributed by atoms with E-state index in [2.05, 4.69) is 46.7 Å². The van der Waals surface area contributed by atoms with E-state index in [1.165, 1.54) is 41.5 Å². The molecule has 0 bridgehead atoms. The monoisotopic (exact) mass is 389 g/mol. The first-order valence-electron chi connectivity index (χ1n) is 10.8. The predicted octanol–water partition coefficient (Wildman–Crippen LogP) is 4.94. The van der Waals surface area contributed by atoms with E-state index in [0.29, 0.717) is 17.9 Å². The summed E-state index contributed by atoms with van der Waals surface area (Å²) in [5.74, 6) is 1.17. The molecule has 0 aliphatic carbocycles. The lowest BCUT2D eigenvalue weighted by Crippen LogP contribution is -2.50. The molecule has 0 spiro atoms. The molecule has 1 aromatic carbocycles. The maximum absolute atomic E-state index is 6.10. The molecule has 2 atom stereocenters. The zero-order valence-corrected chi connectivity index (χ0v) is 17.4. The lowest BCUT2D eigenvalue weighted by atomic mass is 9.66. The van der Waals surface area contributed by atoms with Gasteiger partial charge in [-0.05, 0) is 56.9 Å². The highest BCUT2D eigenvalue weighted by Crippen LogP contribution is 2.57. The molecule has 0 saturated carbocycles. The number of aromatic nitrogens is 2. The van der Waals surface area contributed by atoms with Gasteiger partial charge in [-0.2, -0.15) is 0 Å². The van der Waals surface area contributed by atoms with Crippen LogP contribution in [-0.4, -0.2) is 34.7 Å². The Morgan fingerprint density at radius 1 is 1.28 bits per heavy atom. The Bertz CT molecular complexity index is 1150. The van der Waals surface area contributed by atoms with E-state index in [1.807, 2.05) is 6.92 Å². The van der Waals surface area contributed by atoms with Crippen LogP contribution in [0.5, 0.6) is 5.95 Å². The van der Waals surface area contributed by atoms with Gasteiger partial charge in [-0.3, -0.25) is 4.90 Å². The number of benzene rings is 1. The maximum Gasteiger partial charge on any atom is 0.308 e. The standard InChI is InChI=1S/C24H27N3O2/c1-4-24-11-7-12-26-13-10-17-16-8-5-6-9-18(16)27(20(17)21(24)26)19(14-24)22-25-15(2)23(28-3)29-22/h5-6,8-9,14,21H,4,7,10-13H2,1-3H3/t21-,24+/m1/s1. The molecule has 5 heterocycles. The summed E-state index contributed by atoms with van der Waals surface area (Å²) in [5.41, 5.74) is 6.25. The lowest BCUT2D eigenvalue weighted by molar-refractivity contribution is 0.0269. The largest absolute Gasteiger partial charge is 0.467 e. The zero-order chi connectivity index (χ0) is 19.8. The van der Waals surface area contributed by atoms with Crippen LogP contribution < -0.4 is 4.74 Å². The fourth-order valence-corrected chi connectivity index (χ4v) is 6.12. The molecule has 5 heteroatoms. The number of aryl methyl sites for hydroxylation is 1. The Labute approximate surface area is 171 Å². The normalized spacial score (nSPS) is 25.8. The number of rotatable bonds is 3. The van der Waals surface area contributed by atoms with Gasteiger partial charge in [-0.15, -0.1) is 0 Å². The Kier molecular flexibility index (Phi) is 3.58. The first-order valence-corrected chi connectivity index (χ1v) is 10.8. The predicted molar refractivity (Wildman–Crippen MR) is 113 cm³/mol. The number of nitrogens with zero attached hydrogens (tertiary/aromatic N) is 3. The number of hydrogen-bond donors (Lipinski definition) is 0. The summed E-state index contributed by atoms with van der Waals surface area (Å²) >= 11 is 0. The number of methoxy groups -OCH3 is 1. The van der Waals surface area contributed by atoms with Crippen molar-refractivity contribution in [1.82, 2.24) is 14.5 Å². The van der Waals surface area contributed by atoms with Crippen LogP contribution in [0.4, 0.5) is 0 Å². The van der Waals surface area contributed by atoms with Crippen molar-refractivity contribution in [3.63, 3.8) is 0 Å². The van der Waals surface area contributed by atoms with Crippen molar-refractivity contribution >= 4 is 16.6 Å². The second-order valence-electron chi connectivity index (χ2n) is 8.72. The molecule has 3 aliphatic heterocycles. The fraction of sp³-hybridized carbons (Fsp3) is 0.458. The fourth-order valence-electron chi connectivity index (χ4n) is 6.12. The zero-order valence-electron chi connectivity index (χ0n) is 17.4. The number of hydrogen-bond acceptors (Lipinski definition) is 4. The molecule has 2 aromatic heterocycles. The summed E-state index contributed by atoms with van der Waals surface area (Å²) in [4.78, 5) is 7.49. The quantitative estimate of drug-likeness (QED) is 0.636. The van der Waals surface area contributed by atoms with Crippen molar-refractivity contribution in [2.75, 3.05) is 20.2 Å². The van der Waals surface area contributed by atoms with Gasteiger partial charge in [0.25, 0.3) is 0 Å². The molecule has 29 heavy (non-hydrogen) atoms. The van der Waals surface area contributed by atoms with E-state index in [-0.39, 0.29) is 5.41 Å². The van der Waals surface area contributed by atoms with Crippen molar-refractivity contribution in [1.29, 1.82) is 0 Å². The summed E-state index contributed by atoms with van der Waals surface area (Å²) in [6.45, 7) is 6.63. The van der Waals surface area contributed by atoms with Crippen molar-refractivity contribution in [3.05, 3.63) is 53.2 Å². The molecule has 150 valence electrons. The van der Waals surface area contributed by atoms with Crippen LogP contribution in [0.25, 0.3) is 16.6 Å². The Morgan fingerprint density at radius 2 is 2.14 bits per heavy atom. The number of oxazole rings is 1. The summed E-state index contributed by atoms with van der Waals surface area (Å²) in [7, 11) is 1.64. The minimum Gasteiger partial charge on any atom is -0.467 e. The number of para-hydroxylation sites is 1. The van der Waals surface area contributed by atoms with Gasteiger partial charge in [0.1, 0.15) is 11.4 Å². The van der Waals surface area contributed by atoms with E-state index in [4.69, 9.17) is 14.1 Å². The number of piperidine rings is 1. The van der Waals surface area contributed by atoms with Crippen molar-refractivity contribution < 1.29 is 9.15 Å². The maximum atomic E-state index is 6.10. The first kappa shape index (κ1) is 17.3. The SMILES string of the molecule is CC[C@@]12C=C(c3nc(C)c(OC)o3)n3c4c(c5ccccc53)CCN(CCC1)[C@H]42.